The lowest BCUT2D eigenvalue weighted by molar-refractivity contribution is -0.144. The predicted octanol–water partition coefficient (Wildman–Crippen LogP) is 1.56. The third kappa shape index (κ3) is 3.84. The van der Waals surface area contributed by atoms with E-state index in [-0.39, 0.29) is 17.7 Å². The SMILES string of the molecule is O=C(O)C1CCC(C(=O)NCCc2ccc[nH]2)CC1. The third-order valence-electron chi connectivity index (χ3n) is 3.80. The number of aliphatic carboxylic acids is 1. The number of carbonyl (C=O) groups is 2. The average molecular weight is 264 g/mol. The van der Waals surface area contributed by atoms with Gasteiger partial charge in [-0.25, -0.2) is 0 Å². The number of hydrogen-bond donors (Lipinski definition) is 3. The summed E-state index contributed by atoms with van der Waals surface area (Å²) in [5, 5.41) is 11.8. The first-order valence-corrected chi connectivity index (χ1v) is 6.79. The maximum absolute atomic E-state index is 11.9. The summed E-state index contributed by atoms with van der Waals surface area (Å²) in [4.78, 5) is 25.9. The summed E-state index contributed by atoms with van der Waals surface area (Å²) in [7, 11) is 0. The van der Waals surface area contributed by atoms with E-state index in [0.29, 0.717) is 32.2 Å². The molecule has 1 aliphatic carbocycles. The van der Waals surface area contributed by atoms with Crippen LogP contribution >= 0.6 is 0 Å². The Bertz CT molecular complexity index is 420. The Balaban J connectivity index is 1.68. The first-order chi connectivity index (χ1) is 9.16. The fourth-order valence-corrected chi connectivity index (χ4v) is 2.59. The van der Waals surface area contributed by atoms with Gasteiger partial charge in [0, 0.05) is 30.8 Å². The molecule has 0 aromatic carbocycles. The number of rotatable bonds is 5. The smallest absolute Gasteiger partial charge is 0.306 e. The van der Waals surface area contributed by atoms with E-state index in [4.69, 9.17) is 5.11 Å². The largest absolute Gasteiger partial charge is 0.481 e. The first kappa shape index (κ1) is 13.6. The van der Waals surface area contributed by atoms with Gasteiger partial charge < -0.3 is 15.4 Å². The predicted molar refractivity (Wildman–Crippen MR) is 70.6 cm³/mol. The molecule has 0 unspecified atom stereocenters. The molecule has 0 radical (unpaired) electrons. The molecule has 1 aromatic heterocycles. The second-order valence-corrected chi connectivity index (χ2v) is 5.12. The molecule has 104 valence electrons. The Morgan fingerprint density at radius 2 is 1.95 bits per heavy atom. The monoisotopic (exact) mass is 264 g/mol. The second-order valence-electron chi connectivity index (χ2n) is 5.12. The molecule has 5 nitrogen and oxygen atoms in total. The molecule has 0 spiro atoms. The molecule has 19 heavy (non-hydrogen) atoms. The van der Waals surface area contributed by atoms with Gasteiger partial charge in [-0.1, -0.05) is 0 Å². The Kier molecular flexibility index (Phi) is 4.60. The molecule has 0 saturated heterocycles. The van der Waals surface area contributed by atoms with E-state index in [1.54, 1.807) is 0 Å². The maximum Gasteiger partial charge on any atom is 0.306 e. The molecule has 1 fully saturated rings. The fraction of sp³-hybridized carbons (Fsp3) is 0.571. The van der Waals surface area contributed by atoms with E-state index < -0.39 is 5.97 Å². The van der Waals surface area contributed by atoms with E-state index in [1.807, 2.05) is 18.3 Å². The van der Waals surface area contributed by atoms with Crippen LogP contribution in [0.3, 0.4) is 0 Å². The molecule has 1 heterocycles. The Morgan fingerprint density at radius 3 is 2.53 bits per heavy atom. The van der Waals surface area contributed by atoms with Crippen molar-refractivity contribution in [3.63, 3.8) is 0 Å². The summed E-state index contributed by atoms with van der Waals surface area (Å²) in [6.07, 6.45) is 5.26. The van der Waals surface area contributed by atoms with Gasteiger partial charge in [0.05, 0.1) is 5.92 Å². The summed E-state index contributed by atoms with van der Waals surface area (Å²) >= 11 is 0. The van der Waals surface area contributed by atoms with Crippen LogP contribution in [0.1, 0.15) is 31.4 Å². The molecule has 1 saturated carbocycles. The van der Waals surface area contributed by atoms with Gasteiger partial charge in [0.2, 0.25) is 5.91 Å². The summed E-state index contributed by atoms with van der Waals surface area (Å²) in [5.74, 6) is -0.941. The number of H-pyrrole nitrogens is 1. The first-order valence-electron chi connectivity index (χ1n) is 6.79. The van der Waals surface area contributed by atoms with Crippen LogP contribution in [0.25, 0.3) is 0 Å². The topological polar surface area (TPSA) is 82.2 Å². The molecule has 0 atom stereocenters. The van der Waals surface area contributed by atoms with E-state index in [9.17, 15) is 9.59 Å². The van der Waals surface area contributed by atoms with Crippen LogP contribution in [-0.4, -0.2) is 28.5 Å². The van der Waals surface area contributed by atoms with Crippen molar-refractivity contribution in [1.29, 1.82) is 0 Å². The van der Waals surface area contributed by atoms with Gasteiger partial charge in [-0.05, 0) is 37.8 Å². The van der Waals surface area contributed by atoms with Crippen molar-refractivity contribution in [3.05, 3.63) is 24.0 Å². The number of nitrogens with one attached hydrogen (secondary N) is 2. The van der Waals surface area contributed by atoms with Crippen molar-refractivity contribution in [2.75, 3.05) is 6.54 Å². The normalized spacial score (nSPS) is 22.9. The van der Waals surface area contributed by atoms with E-state index in [1.165, 1.54) is 0 Å². The van der Waals surface area contributed by atoms with Crippen LogP contribution in [-0.2, 0) is 16.0 Å². The summed E-state index contributed by atoms with van der Waals surface area (Å²) in [6.45, 7) is 0.623. The van der Waals surface area contributed by atoms with Gasteiger partial charge in [-0.15, -0.1) is 0 Å². The lowest BCUT2D eigenvalue weighted by Gasteiger charge is -2.25. The number of carboxylic acid groups (broad SMARTS) is 1. The molecule has 2 rings (SSSR count). The molecule has 1 aliphatic rings. The standard InChI is InChI=1S/C14H20N2O3/c17-13(16-9-7-12-2-1-8-15-12)10-3-5-11(6-4-10)14(18)19/h1-2,8,10-11,15H,3-7,9H2,(H,16,17)(H,18,19). The number of carbonyl (C=O) groups excluding carboxylic acids is 1. The van der Waals surface area contributed by atoms with Crippen molar-refractivity contribution in [1.82, 2.24) is 10.3 Å². The van der Waals surface area contributed by atoms with Crippen molar-refractivity contribution >= 4 is 11.9 Å². The van der Waals surface area contributed by atoms with Crippen LogP contribution in [0, 0.1) is 11.8 Å². The molecule has 1 aromatic rings. The maximum atomic E-state index is 11.9. The molecular weight excluding hydrogens is 244 g/mol. The zero-order chi connectivity index (χ0) is 13.7. The van der Waals surface area contributed by atoms with Gasteiger partial charge in [-0.3, -0.25) is 9.59 Å². The number of hydrogen-bond acceptors (Lipinski definition) is 2. The van der Waals surface area contributed by atoms with Crippen LogP contribution in [0.15, 0.2) is 18.3 Å². The van der Waals surface area contributed by atoms with Crippen LogP contribution in [0.5, 0.6) is 0 Å². The number of amides is 1. The van der Waals surface area contributed by atoms with Crippen molar-refractivity contribution < 1.29 is 14.7 Å². The highest BCUT2D eigenvalue weighted by atomic mass is 16.4. The average Bonchev–Trinajstić information content (AvgIpc) is 2.92. The minimum atomic E-state index is -0.731. The van der Waals surface area contributed by atoms with Crippen LogP contribution in [0.2, 0.25) is 0 Å². The van der Waals surface area contributed by atoms with Gasteiger partial charge in [0.1, 0.15) is 0 Å². The molecule has 0 bridgehead atoms. The van der Waals surface area contributed by atoms with E-state index in [2.05, 4.69) is 10.3 Å². The molecule has 1 amide bonds. The Labute approximate surface area is 112 Å². The minimum absolute atomic E-state index is 0.0146. The quantitative estimate of drug-likeness (QED) is 0.755. The van der Waals surface area contributed by atoms with Crippen LogP contribution in [0.4, 0.5) is 0 Å². The minimum Gasteiger partial charge on any atom is -0.481 e. The summed E-state index contributed by atoms with van der Waals surface area (Å²) in [6, 6.07) is 3.93. The summed E-state index contributed by atoms with van der Waals surface area (Å²) in [5.41, 5.74) is 1.11. The van der Waals surface area contributed by atoms with Crippen molar-refractivity contribution in [2.45, 2.75) is 32.1 Å². The number of aromatic amines is 1. The second kappa shape index (κ2) is 6.41. The van der Waals surface area contributed by atoms with Crippen LogP contribution < -0.4 is 5.32 Å². The van der Waals surface area contributed by atoms with Gasteiger partial charge in [-0.2, -0.15) is 0 Å². The zero-order valence-corrected chi connectivity index (χ0v) is 10.9. The van der Waals surface area contributed by atoms with E-state index >= 15 is 0 Å². The van der Waals surface area contributed by atoms with Crippen molar-refractivity contribution in [3.8, 4) is 0 Å². The van der Waals surface area contributed by atoms with Gasteiger partial charge >= 0.3 is 5.97 Å². The van der Waals surface area contributed by atoms with Gasteiger partial charge in [0.25, 0.3) is 0 Å². The van der Waals surface area contributed by atoms with Crippen molar-refractivity contribution in [2.24, 2.45) is 11.8 Å². The zero-order valence-electron chi connectivity index (χ0n) is 10.9. The van der Waals surface area contributed by atoms with Gasteiger partial charge in [0.15, 0.2) is 0 Å². The fourth-order valence-electron chi connectivity index (χ4n) is 2.59. The van der Waals surface area contributed by atoms with E-state index in [0.717, 1.165) is 12.1 Å². The Morgan fingerprint density at radius 1 is 1.26 bits per heavy atom. The number of carboxylic acids is 1. The highest BCUT2D eigenvalue weighted by molar-refractivity contribution is 5.79. The third-order valence-corrected chi connectivity index (χ3v) is 3.80. The molecular formula is C14H20N2O3. The molecule has 5 heteroatoms. The lowest BCUT2D eigenvalue weighted by Crippen LogP contribution is -2.35. The molecule has 0 aliphatic heterocycles. The lowest BCUT2D eigenvalue weighted by atomic mass is 9.81. The highest BCUT2D eigenvalue weighted by Gasteiger charge is 2.29. The summed E-state index contributed by atoms with van der Waals surface area (Å²) < 4.78 is 0. The number of aromatic nitrogens is 1. The highest BCUT2D eigenvalue weighted by Crippen LogP contribution is 2.28. The Hall–Kier alpha value is -1.78. The molecule has 3 N–H and O–H groups in total.